The number of amides is 4. The van der Waals surface area contributed by atoms with Gasteiger partial charge in [-0.1, -0.05) is 23.2 Å². The van der Waals surface area contributed by atoms with Gasteiger partial charge in [-0.3, -0.25) is 4.79 Å². The van der Waals surface area contributed by atoms with Gasteiger partial charge in [0.1, 0.15) is 6.54 Å². The fraction of sp³-hybridized carbons (Fsp3) is 0.308. The fourth-order valence-corrected chi connectivity index (χ4v) is 2.35. The summed E-state index contributed by atoms with van der Waals surface area (Å²) >= 11 is 11.7. The van der Waals surface area contributed by atoms with Gasteiger partial charge in [0.25, 0.3) is 5.91 Å². The lowest BCUT2D eigenvalue weighted by atomic mass is 10.3. The summed E-state index contributed by atoms with van der Waals surface area (Å²) in [6.07, 6.45) is -0.817. The van der Waals surface area contributed by atoms with Crippen LogP contribution in [0.25, 0.3) is 0 Å². The lowest BCUT2D eigenvalue weighted by Crippen LogP contribution is -2.39. The zero-order valence-corrected chi connectivity index (χ0v) is 13.3. The number of hydroxylamine groups is 2. The van der Waals surface area contributed by atoms with E-state index in [4.69, 9.17) is 28.0 Å². The number of rotatable bonds is 3. The van der Waals surface area contributed by atoms with Gasteiger partial charge in [0, 0.05) is 16.1 Å². The molecule has 2 rings (SSSR count). The van der Waals surface area contributed by atoms with Crippen LogP contribution in [0.1, 0.15) is 13.8 Å². The Morgan fingerprint density at radius 2 is 1.82 bits per heavy atom. The minimum absolute atomic E-state index is 0.163. The SMILES string of the molecule is CC(C)NC(=O)ON1CC(=O)N(c2cc(Cl)cc(Cl)c2)C1=O. The van der Waals surface area contributed by atoms with E-state index in [0.717, 1.165) is 4.90 Å². The van der Waals surface area contributed by atoms with Crippen molar-refractivity contribution >= 4 is 46.9 Å². The van der Waals surface area contributed by atoms with Crippen molar-refractivity contribution in [2.45, 2.75) is 19.9 Å². The molecule has 118 valence electrons. The second-order valence-electron chi connectivity index (χ2n) is 4.85. The summed E-state index contributed by atoms with van der Waals surface area (Å²) in [5.74, 6) is -0.555. The number of nitrogens with zero attached hydrogens (tertiary/aromatic N) is 2. The third kappa shape index (κ3) is 3.61. The highest BCUT2D eigenvalue weighted by Gasteiger charge is 2.40. The minimum atomic E-state index is -0.817. The molecule has 1 fully saturated rings. The summed E-state index contributed by atoms with van der Waals surface area (Å²) in [6, 6.07) is 3.36. The zero-order valence-electron chi connectivity index (χ0n) is 11.8. The minimum Gasteiger partial charge on any atom is -0.317 e. The van der Waals surface area contributed by atoms with Crippen LogP contribution in [-0.2, 0) is 9.63 Å². The van der Waals surface area contributed by atoms with E-state index < -0.39 is 18.0 Å². The highest BCUT2D eigenvalue weighted by atomic mass is 35.5. The first-order valence-corrected chi connectivity index (χ1v) is 7.12. The second kappa shape index (κ2) is 6.41. The lowest BCUT2D eigenvalue weighted by Gasteiger charge is -2.17. The maximum absolute atomic E-state index is 12.2. The average molecular weight is 346 g/mol. The first-order valence-electron chi connectivity index (χ1n) is 6.37. The summed E-state index contributed by atoms with van der Waals surface area (Å²) in [7, 11) is 0. The van der Waals surface area contributed by atoms with E-state index in [0.29, 0.717) is 5.06 Å². The van der Waals surface area contributed by atoms with Crippen LogP contribution in [0, 0.1) is 0 Å². The molecule has 0 aromatic heterocycles. The molecule has 22 heavy (non-hydrogen) atoms. The molecule has 4 amide bonds. The molecule has 0 radical (unpaired) electrons. The van der Waals surface area contributed by atoms with E-state index in [9.17, 15) is 14.4 Å². The summed E-state index contributed by atoms with van der Waals surface area (Å²) in [5, 5.41) is 3.68. The first kappa shape index (κ1) is 16.4. The highest BCUT2D eigenvalue weighted by Crippen LogP contribution is 2.28. The molecule has 1 aromatic rings. The largest absolute Gasteiger partial charge is 0.431 e. The standard InChI is InChI=1S/C13H13Cl2N3O4/c1-7(2)16-12(20)22-17-6-11(19)18(13(17)21)10-4-8(14)3-9(15)5-10/h3-5,7H,6H2,1-2H3,(H,16,20). The Labute approximate surface area is 136 Å². The fourth-order valence-electron chi connectivity index (χ4n) is 1.84. The quantitative estimate of drug-likeness (QED) is 0.854. The molecule has 0 aliphatic carbocycles. The van der Waals surface area contributed by atoms with Gasteiger partial charge in [0.2, 0.25) is 0 Å². The summed E-state index contributed by atoms with van der Waals surface area (Å²) in [6.45, 7) is 3.09. The maximum Gasteiger partial charge on any atom is 0.431 e. The monoisotopic (exact) mass is 345 g/mol. The molecule has 9 heteroatoms. The Bertz CT molecular complexity index is 615. The van der Waals surface area contributed by atoms with Crippen LogP contribution in [0.5, 0.6) is 0 Å². The van der Waals surface area contributed by atoms with Crippen molar-refractivity contribution < 1.29 is 19.2 Å². The molecule has 1 aliphatic rings. The predicted octanol–water partition coefficient (Wildman–Crippen LogP) is 2.81. The first-order chi connectivity index (χ1) is 10.3. The molecule has 0 atom stereocenters. The normalized spacial score (nSPS) is 14.8. The number of anilines is 1. The molecule has 1 aliphatic heterocycles. The van der Waals surface area contributed by atoms with Crippen molar-refractivity contribution in [2.75, 3.05) is 11.4 Å². The van der Waals surface area contributed by atoms with Crippen LogP contribution in [0.2, 0.25) is 10.0 Å². The van der Waals surface area contributed by atoms with Crippen LogP contribution in [0.4, 0.5) is 15.3 Å². The van der Waals surface area contributed by atoms with E-state index in [-0.39, 0.29) is 28.3 Å². The molecule has 0 unspecified atom stereocenters. The van der Waals surface area contributed by atoms with E-state index >= 15 is 0 Å². The molecular formula is C13H13Cl2N3O4. The van der Waals surface area contributed by atoms with E-state index in [1.165, 1.54) is 18.2 Å². The number of imide groups is 1. The van der Waals surface area contributed by atoms with Crippen molar-refractivity contribution in [2.24, 2.45) is 0 Å². The van der Waals surface area contributed by atoms with Crippen molar-refractivity contribution in [3.63, 3.8) is 0 Å². The summed E-state index contributed by atoms with van der Waals surface area (Å²) in [5.41, 5.74) is 0.211. The van der Waals surface area contributed by atoms with Crippen LogP contribution in [0.15, 0.2) is 18.2 Å². The van der Waals surface area contributed by atoms with Gasteiger partial charge in [0.05, 0.1) is 5.69 Å². The van der Waals surface area contributed by atoms with Crippen molar-refractivity contribution in [3.05, 3.63) is 28.2 Å². The second-order valence-corrected chi connectivity index (χ2v) is 5.73. The van der Waals surface area contributed by atoms with Crippen LogP contribution in [0.3, 0.4) is 0 Å². The van der Waals surface area contributed by atoms with Gasteiger partial charge in [-0.2, -0.15) is 0 Å². The van der Waals surface area contributed by atoms with E-state index in [1.807, 2.05) is 0 Å². The van der Waals surface area contributed by atoms with Crippen molar-refractivity contribution in [1.82, 2.24) is 10.4 Å². The Balaban J connectivity index is 2.16. The zero-order chi connectivity index (χ0) is 16.4. The van der Waals surface area contributed by atoms with Crippen molar-refractivity contribution in [1.29, 1.82) is 0 Å². The predicted molar refractivity (Wildman–Crippen MR) is 80.8 cm³/mol. The Hall–Kier alpha value is -1.99. The molecule has 1 heterocycles. The molecule has 1 N–H and O–H groups in total. The Morgan fingerprint density at radius 1 is 1.23 bits per heavy atom. The highest BCUT2D eigenvalue weighted by molar-refractivity contribution is 6.35. The maximum atomic E-state index is 12.2. The Morgan fingerprint density at radius 3 is 2.36 bits per heavy atom. The number of nitrogens with one attached hydrogen (secondary N) is 1. The average Bonchev–Trinajstić information content (AvgIpc) is 2.61. The molecule has 0 spiro atoms. The molecule has 0 saturated carbocycles. The molecule has 1 saturated heterocycles. The topological polar surface area (TPSA) is 79.0 Å². The number of benzene rings is 1. The van der Waals surface area contributed by atoms with Gasteiger partial charge in [0.15, 0.2) is 0 Å². The molecule has 1 aromatic carbocycles. The van der Waals surface area contributed by atoms with E-state index in [1.54, 1.807) is 13.8 Å². The molecule has 0 bridgehead atoms. The van der Waals surface area contributed by atoms with Gasteiger partial charge < -0.3 is 10.2 Å². The van der Waals surface area contributed by atoms with Crippen LogP contribution < -0.4 is 10.2 Å². The van der Waals surface area contributed by atoms with Gasteiger partial charge in [-0.15, -0.1) is 5.06 Å². The summed E-state index contributed by atoms with van der Waals surface area (Å²) < 4.78 is 0. The van der Waals surface area contributed by atoms with Gasteiger partial charge >= 0.3 is 12.1 Å². The smallest absolute Gasteiger partial charge is 0.317 e. The number of carbonyl (C=O) groups excluding carboxylic acids is 3. The van der Waals surface area contributed by atoms with Crippen LogP contribution in [-0.4, -0.2) is 35.7 Å². The van der Waals surface area contributed by atoms with Crippen molar-refractivity contribution in [3.8, 4) is 0 Å². The molecular weight excluding hydrogens is 333 g/mol. The number of hydrogen-bond acceptors (Lipinski definition) is 4. The number of hydrogen-bond donors (Lipinski definition) is 1. The number of urea groups is 1. The van der Waals surface area contributed by atoms with Crippen LogP contribution >= 0.6 is 23.2 Å². The van der Waals surface area contributed by atoms with Gasteiger partial charge in [-0.25, -0.2) is 14.5 Å². The number of halogens is 2. The van der Waals surface area contributed by atoms with E-state index in [2.05, 4.69) is 5.32 Å². The third-order valence-corrected chi connectivity index (χ3v) is 3.07. The number of carbonyl (C=O) groups is 3. The lowest BCUT2D eigenvalue weighted by molar-refractivity contribution is -0.120. The Kier molecular flexibility index (Phi) is 4.77. The molecule has 7 nitrogen and oxygen atoms in total. The summed E-state index contributed by atoms with van der Waals surface area (Å²) in [4.78, 5) is 41.4. The third-order valence-electron chi connectivity index (χ3n) is 2.64. The van der Waals surface area contributed by atoms with Gasteiger partial charge in [-0.05, 0) is 32.0 Å².